The molecule has 2 heteroatoms. The maximum atomic E-state index is 5.85. The Morgan fingerprint density at radius 2 is 1.92 bits per heavy atom. The molecule has 0 aromatic heterocycles. The van der Waals surface area contributed by atoms with Gasteiger partial charge in [-0.25, -0.2) is 0 Å². The van der Waals surface area contributed by atoms with Crippen LogP contribution in [-0.2, 0) is 5.41 Å². The smallest absolute Gasteiger partial charge is 0.0352 e. The number of nitrogens with two attached hydrogens (primary N) is 1. The highest BCUT2D eigenvalue weighted by Gasteiger charge is 2.20. The van der Waals surface area contributed by atoms with Gasteiger partial charge in [0.05, 0.1) is 0 Å². The summed E-state index contributed by atoms with van der Waals surface area (Å²) in [7, 11) is 0. The van der Waals surface area contributed by atoms with Crippen molar-refractivity contribution in [1.82, 2.24) is 0 Å². The zero-order valence-corrected chi connectivity index (χ0v) is 8.44. The zero-order valence-electron chi connectivity index (χ0n) is 7.54. The van der Waals surface area contributed by atoms with Gasteiger partial charge in [0.2, 0.25) is 0 Å². The van der Waals surface area contributed by atoms with Crippen LogP contribution in [0.2, 0.25) is 0 Å². The van der Waals surface area contributed by atoms with Crippen LogP contribution in [0.25, 0.3) is 0 Å². The molecule has 1 aromatic carbocycles. The van der Waals surface area contributed by atoms with Gasteiger partial charge in [-0.2, -0.15) is 12.6 Å². The summed E-state index contributed by atoms with van der Waals surface area (Å²) in [5.41, 5.74) is 7.95. The van der Waals surface area contributed by atoms with Gasteiger partial charge in [0, 0.05) is 11.1 Å². The van der Waals surface area contributed by atoms with Crippen LogP contribution >= 0.6 is 12.6 Å². The fourth-order valence-electron chi connectivity index (χ4n) is 1.20. The summed E-state index contributed by atoms with van der Waals surface area (Å²) in [4.78, 5) is 0. The Hall–Kier alpha value is -0.630. The van der Waals surface area contributed by atoms with Crippen LogP contribution in [0.15, 0.2) is 24.3 Å². The number of benzene rings is 1. The lowest BCUT2D eigenvalue weighted by Crippen LogP contribution is -2.20. The fourth-order valence-corrected chi connectivity index (χ4v) is 1.37. The molecule has 0 saturated heterocycles. The molecule has 0 unspecified atom stereocenters. The van der Waals surface area contributed by atoms with Gasteiger partial charge in [0.15, 0.2) is 0 Å². The van der Waals surface area contributed by atoms with Crippen molar-refractivity contribution in [2.45, 2.75) is 19.3 Å². The molecule has 0 bridgehead atoms. The third kappa shape index (κ3) is 1.75. The van der Waals surface area contributed by atoms with Crippen LogP contribution < -0.4 is 5.73 Å². The summed E-state index contributed by atoms with van der Waals surface area (Å²) in [5, 5.41) is 0. The van der Waals surface area contributed by atoms with Crippen molar-refractivity contribution in [3.8, 4) is 0 Å². The summed E-state index contributed by atoms with van der Waals surface area (Å²) in [6.07, 6.45) is 0. The van der Waals surface area contributed by atoms with Crippen molar-refractivity contribution in [2.75, 3.05) is 11.5 Å². The second-order valence-electron chi connectivity index (χ2n) is 3.63. The third-order valence-corrected chi connectivity index (χ3v) is 2.88. The lowest BCUT2D eigenvalue weighted by Gasteiger charge is -2.24. The number of anilines is 1. The molecule has 0 spiro atoms. The zero-order chi connectivity index (χ0) is 9.19. The molecule has 0 aliphatic rings. The highest BCUT2D eigenvalue weighted by molar-refractivity contribution is 7.80. The molecule has 0 aliphatic heterocycles. The molecule has 0 heterocycles. The first-order valence-corrected chi connectivity index (χ1v) is 4.67. The van der Waals surface area contributed by atoms with Crippen molar-refractivity contribution in [1.29, 1.82) is 0 Å². The standard InChI is InChI=1S/C10H15NS/c1-10(2,7-12)8-5-3-4-6-9(8)11/h3-6,12H,7,11H2,1-2H3. The summed E-state index contributed by atoms with van der Waals surface area (Å²) in [6.45, 7) is 4.29. The molecule has 1 nitrogen and oxygen atoms in total. The molecule has 0 saturated carbocycles. The van der Waals surface area contributed by atoms with E-state index in [0.717, 1.165) is 11.4 Å². The van der Waals surface area contributed by atoms with E-state index in [-0.39, 0.29) is 5.41 Å². The Labute approximate surface area is 79.4 Å². The molecule has 66 valence electrons. The monoisotopic (exact) mass is 181 g/mol. The molecular weight excluding hydrogens is 166 g/mol. The summed E-state index contributed by atoms with van der Waals surface area (Å²) in [5.74, 6) is 0.807. The first-order chi connectivity index (χ1) is 5.58. The largest absolute Gasteiger partial charge is 0.398 e. The average molecular weight is 181 g/mol. The maximum absolute atomic E-state index is 5.85. The van der Waals surface area contributed by atoms with Gasteiger partial charge in [-0.15, -0.1) is 0 Å². The molecule has 0 radical (unpaired) electrons. The summed E-state index contributed by atoms with van der Waals surface area (Å²) in [6, 6.07) is 7.95. The van der Waals surface area contributed by atoms with Gasteiger partial charge in [0.1, 0.15) is 0 Å². The molecule has 0 aliphatic carbocycles. The first kappa shape index (κ1) is 9.46. The topological polar surface area (TPSA) is 26.0 Å². The molecule has 1 rings (SSSR count). The number of thiol groups is 1. The fraction of sp³-hybridized carbons (Fsp3) is 0.400. The minimum Gasteiger partial charge on any atom is -0.398 e. The van der Waals surface area contributed by atoms with Gasteiger partial charge in [-0.05, 0) is 17.4 Å². The quantitative estimate of drug-likeness (QED) is 0.532. The van der Waals surface area contributed by atoms with E-state index < -0.39 is 0 Å². The number of hydrogen-bond acceptors (Lipinski definition) is 2. The Morgan fingerprint density at radius 1 is 1.33 bits per heavy atom. The molecule has 1 aromatic rings. The van der Waals surface area contributed by atoms with Gasteiger partial charge in [-0.1, -0.05) is 32.0 Å². The average Bonchev–Trinajstić information content (AvgIpc) is 2.05. The lowest BCUT2D eigenvalue weighted by molar-refractivity contribution is 0.606. The van der Waals surface area contributed by atoms with Crippen LogP contribution in [0.4, 0.5) is 5.69 Å². The van der Waals surface area contributed by atoms with E-state index in [1.54, 1.807) is 0 Å². The van der Waals surface area contributed by atoms with Crippen LogP contribution in [0.1, 0.15) is 19.4 Å². The van der Waals surface area contributed by atoms with Crippen molar-refractivity contribution in [3.63, 3.8) is 0 Å². The van der Waals surface area contributed by atoms with Crippen LogP contribution in [0.5, 0.6) is 0 Å². The normalized spacial score (nSPS) is 11.6. The Balaban J connectivity index is 3.10. The van der Waals surface area contributed by atoms with E-state index in [0.29, 0.717) is 0 Å². The van der Waals surface area contributed by atoms with Crippen molar-refractivity contribution in [2.24, 2.45) is 0 Å². The molecule has 12 heavy (non-hydrogen) atoms. The van der Waals surface area contributed by atoms with E-state index in [1.165, 1.54) is 5.56 Å². The van der Waals surface area contributed by atoms with Gasteiger partial charge in [0.25, 0.3) is 0 Å². The molecule has 0 atom stereocenters. The van der Waals surface area contributed by atoms with Gasteiger partial charge in [-0.3, -0.25) is 0 Å². The minimum absolute atomic E-state index is 0.0639. The van der Waals surface area contributed by atoms with E-state index in [4.69, 9.17) is 5.73 Å². The second kappa shape index (κ2) is 3.40. The SMILES string of the molecule is CC(C)(CS)c1ccccc1N. The molecule has 0 fully saturated rings. The summed E-state index contributed by atoms with van der Waals surface area (Å²) < 4.78 is 0. The van der Waals surface area contributed by atoms with Gasteiger partial charge < -0.3 is 5.73 Å². The number of hydrogen-bond donors (Lipinski definition) is 2. The molecular formula is C10H15NS. The van der Waals surface area contributed by atoms with Crippen molar-refractivity contribution in [3.05, 3.63) is 29.8 Å². The minimum atomic E-state index is 0.0639. The van der Waals surface area contributed by atoms with Gasteiger partial charge >= 0.3 is 0 Å². The number of nitrogen functional groups attached to an aromatic ring is 1. The Morgan fingerprint density at radius 3 is 2.42 bits per heavy atom. The predicted molar refractivity (Wildman–Crippen MR) is 57.7 cm³/mol. The van der Waals surface area contributed by atoms with Crippen molar-refractivity contribution >= 4 is 18.3 Å². The van der Waals surface area contributed by atoms with Crippen molar-refractivity contribution < 1.29 is 0 Å². The van der Waals surface area contributed by atoms with Crippen LogP contribution in [0, 0.1) is 0 Å². The number of para-hydroxylation sites is 1. The third-order valence-electron chi connectivity index (χ3n) is 2.09. The Bertz CT molecular complexity index is 268. The maximum Gasteiger partial charge on any atom is 0.0352 e. The van der Waals surface area contributed by atoms with E-state index in [9.17, 15) is 0 Å². The van der Waals surface area contributed by atoms with E-state index >= 15 is 0 Å². The molecule has 0 amide bonds. The predicted octanol–water partition coefficient (Wildman–Crippen LogP) is 2.48. The van der Waals surface area contributed by atoms with Crippen LogP contribution in [-0.4, -0.2) is 5.75 Å². The molecule has 2 N–H and O–H groups in total. The first-order valence-electron chi connectivity index (χ1n) is 4.04. The second-order valence-corrected chi connectivity index (χ2v) is 3.95. The number of rotatable bonds is 2. The highest BCUT2D eigenvalue weighted by atomic mass is 32.1. The van der Waals surface area contributed by atoms with E-state index in [2.05, 4.69) is 32.5 Å². The Kier molecular flexibility index (Phi) is 2.68. The van der Waals surface area contributed by atoms with Crippen LogP contribution in [0.3, 0.4) is 0 Å². The highest BCUT2D eigenvalue weighted by Crippen LogP contribution is 2.28. The van der Waals surface area contributed by atoms with E-state index in [1.807, 2.05) is 18.2 Å². The summed E-state index contributed by atoms with van der Waals surface area (Å²) >= 11 is 4.30. The lowest BCUT2D eigenvalue weighted by atomic mass is 9.86.